The van der Waals surface area contributed by atoms with Gasteiger partial charge in [-0.3, -0.25) is 0 Å². The van der Waals surface area contributed by atoms with E-state index in [0.29, 0.717) is 12.1 Å². The monoisotopic (exact) mass is 271 g/mol. The third-order valence-corrected chi connectivity index (χ3v) is 4.46. The molecule has 3 heteroatoms. The van der Waals surface area contributed by atoms with Crippen LogP contribution in [0.15, 0.2) is 24.4 Å². The fraction of sp³-hybridized carbons (Fsp3) is 0.529. The fourth-order valence-corrected chi connectivity index (χ4v) is 3.37. The van der Waals surface area contributed by atoms with Crippen LogP contribution < -0.4 is 11.1 Å². The van der Waals surface area contributed by atoms with Crippen LogP contribution in [0, 0.1) is 0 Å². The van der Waals surface area contributed by atoms with Gasteiger partial charge in [-0.15, -0.1) is 0 Å². The molecule has 3 rings (SSSR count). The predicted octanol–water partition coefficient (Wildman–Crippen LogP) is 3.84. The van der Waals surface area contributed by atoms with Crippen molar-refractivity contribution < 1.29 is 0 Å². The van der Waals surface area contributed by atoms with Gasteiger partial charge >= 0.3 is 0 Å². The van der Waals surface area contributed by atoms with E-state index >= 15 is 0 Å². The van der Waals surface area contributed by atoms with Crippen molar-refractivity contribution in [2.75, 3.05) is 5.73 Å². The Morgan fingerprint density at radius 3 is 2.75 bits per heavy atom. The second-order valence-electron chi connectivity index (χ2n) is 6.26. The Balaban J connectivity index is 1.92. The molecular weight excluding hydrogens is 246 g/mol. The van der Waals surface area contributed by atoms with Crippen molar-refractivity contribution in [1.82, 2.24) is 9.88 Å². The zero-order chi connectivity index (χ0) is 14.1. The van der Waals surface area contributed by atoms with Crippen molar-refractivity contribution in [2.24, 2.45) is 0 Å². The lowest BCUT2D eigenvalue weighted by molar-refractivity contribution is 0.523. The Kier molecular flexibility index (Phi) is 3.70. The fourth-order valence-electron chi connectivity index (χ4n) is 3.37. The maximum absolute atomic E-state index is 6.21. The van der Waals surface area contributed by atoms with Crippen molar-refractivity contribution in [1.29, 1.82) is 0 Å². The van der Waals surface area contributed by atoms with Gasteiger partial charge in [0.05, 0.1) is 5.52 Å². The molecule has 0 bridgehead atoms. The first-order valence-corrected chi connectivity index (χ1v) is 7.78. The van der Waals surface area contributed by atoms with Crippen LogP contribution in [0.5, 0.6) is 0 Å². The Hall–Kier alpha value is -1.48. The molecule has 0 atom stereocenters. The number of hydrogen-bond donors (Lipinski definition) is 2. The molecule has 1 aromatic heterocycles. The zero-order valence-corrected chi connectivity index (χ0v) is 12.5. The van der Waals surface area contributed by atoms with Gasteiger partial charge in [0.25, 0.3) is 0 Å². The summed E-state index contributed by atoms with van der Waals surface area (Å²) in [7, 11) is 0. The molecule has 1 heterocycles. The van der Waals surface area contributed by atoms with Crippen molar-refractivity contribution in [3.63, 3.8) is 0 Å². The van der Waals surface area contributed by atoms with Crippen molar-refractivity contribution in [2.45, 2.75) is 58.2 Å². The summed E-state index contributed by atoms with van der Waals surface area (Å²) < 4.78 is 2.33. The van der Waals surface area contributed by atoms with Crippen LogP contribution in [0.25, 0.3) is 10.9 Å². The number of nitrogens with one attached hydrogen (secondary N) is 1. The molecule has 1 aromatic carbocycles. The standard InChI is InChI=1S/C17H25N3/c1-12(2)20-11-13(10-19-14-6-3-4-7-14)17-15(18)8-5-9-16(17)20/h5,8-9,11-12,14,19H,3-4,6-7,10,18H2,1-2H3. The summed E-state index contributed by atoms with van der Waals surface area (Å²) in [5.41, 5.74) is 9.69. The predicted molar refractivity (Wildman–Crippen MR) is 85.8 cm³/mol. The molecule has 3 nitrogen and oxygen atoms in total. The van der Waals surface area contributed by atoms with Gasteiger partial charge in [0.2, 0.25) is 0 Å². The topological polar surface area (TPSA) is 43.0 Å². The highest BCUT2D eigenvalue weighted by atomic mass is 15.0. The number of anilines is 1. The summed E-state index contributed by atoms with van der Waals surface area (Å²) in [6.45, 7) is 5.36. The third kappa shape index (κ3) is 2.42. The summed E-state index contributed by atoms with van der Waals surface area (Å²) in [6, 6.07) is 7.37. The van der Waals surface area contributed by atoms with Gasteiger partial charge in [-0.1, -0.05) is 18.9 Å². The molecular formula is C17H25N3. The molecule has 0 spiro atoms. The van der Waals surface area contributed by atoms with E-state index in [4.69, 9.17) is 5.73 Å². The number of rotatable bonds is 4. The molecule has 1 aliphatic carbocycles. The van der Waals surface area contributed by atoms with Gasteiger partial charge in [-0.2, -0.15) is 0 Å². The number of nitrogens with two attached hydrogens (primary N) is 1. The lowest BCUT2D eigenvalue weighted by Gasteiger charge is -2.11. The summed E-state index contributed by atoms with van der Waals surface area (Å²) in [4.78, 5) is 0. The van der Waals surface area contributed by atoms with E-state index in [1.807, 2.05) is 12.1 Å². The van der Waals surface area contributed by atoms with Gasteiger partial charge < -0.3 is 15.6 Å². The third-order valence-electron chi connectivity index (χ3n) is 4.46. The Labute approximate surface area is 121 Å². The Morgan fingerprint density at radius 2 is 2.05 bits per heavy atom. The lowest BCUT2D eigenvalue weighted by atomic mass is 10.1. The SMILES string of the molecule is CC(C)n1cc(CNC2CCCC2)c2c(N)cccc21. The quantitative estimate of drug-likeness (QED) is 0.830. The van der Waals surface area contributed by atoms with E-state index in [9.17, 15) is 0 Å². The van der Waals surface area contributed by atoms with Gasteiger partial charge in [0.15, 0.2) is 0 Å². The minimum atomic E-state index is 0.458. The molecule has 1 aliphatic rings. The van der Waals surface area contributed by atoms with Crippen LogP contribution in [0.2, 0.25) is 0 Å². The minimum Gasteiger partial charge on any atom is -0.398 e. The summed E-state index contributed by atoms with van der Waals surface area (Å²) in [6.07, 6.45) is 7.64. The van der Waals surface area contributed by atoms with Gasteiger partial charge in [0.1, 0.15) is 0 Å². The zero-order valence-electron chi connectivity index (χ0n) is 12.5. The number of fused-ring (bicyclic) bond motifs is 1. The van der Waals surface area contributed by atoms with E-state index < -0.39 is 0 Å². The van der Waals surface area contributed by atoms with E-state index in [0.717, 1.165) is 12.2 Å². The van der Waals surface area contributed by atoms with Crippen LogP contribution in [0.4, 0.5) is 5.69 Å². The number of nitrogen functional groups attached to an aromatic ring is 1. The molecule has 1 saturated carbocycles. The van der Waals surface area contributed by atoms with Crippen LogP contribution in [-0.2, 0) is 6.54 Å². The molecule has 20 heavy (non-hydrogen) atoms. The normalized spacial score (nSPS) is 16.6. The van der Waals surface area contributed by atoms with Gasteiger partial charge in [-0.25, -0.2) is 0 Å². The first-order valence-electron chi connectivity index (χ1n) is 7.78. The van der Waals surface area contributed by atoms with E-state index in [1.54, 1.807) is 0 Å². The second kappa shape index (κ2) is 5.49. The summed E-state index contributed by atoms with van der Waals surface area (Å²) in [5.74, 6) is 0. The molecule has 108 valence electrons. The van der Waals surface area contributed by atoms with E-state index in [1.165, 1.54) is 42.1 Å². The second-order valence-corrected chi connectivity index (χ2v) is 6.26. The summed E-state index contributed by atoms with van der Waals surface area (Å²) in [5, 5.41) is 4.93. The number of nitrogens with zero attached hydrogens (tertiary/aromatic N) is 1. The molecule has 3 N–H and O–H groups in total. The van der Waals surface area contributed by atoms with Crippen LogP contribution in [0.3, 0.4) is 0 Å². The molecule has 2 aromatic rings. The first kappa shape index (κ1) is 13.5. The number of aromatic nitrogens is 1. The highest BCUT2D eigenvalue weighted by Crippen LogP contribution is 2.29. The number of hydrogen-bond acceptors (Lipinski definition) is 2. The van der Waals surface area contributed by atoms with Gasteiger partial charge in [-0.05, 0) is 44.4 Å². The van der Waals surface area contributed by atoms with Crippen molar-refractivity contribution >= 4 is 16.6 Å². The largest absolute Gasteiger partial charge is 0.398 e. The average Bonchev–Trinajstić information content (AvgIpc) is 3.04. The average molecular weight is 271 g/mol. The molecule has 0 saturated heterocycles. The molecule has 0 radical (unpaired) electrons. The van der Waals surface area contributed by atoms with Crippen molar-refractivity contribution in [3.05, 3.63) is 30.0 Å². The highest BCUT2D eigenvalue weighted by molar-refractivity contribution is 5.94. The summed E-state index contributed by atoms with van der Waals surface area (Å²) >= 11 is 0. The van der Waals surface area contributed by atoms with Crippen LogP contribution in [0.1, 0.15) is 51.1 Å². The number of benzene rings is 1. The molecule has 0 unspecified atom stereocenters. The maximum Gasteiger partial charge on any atom is 0.0506 e. The first-order chi connectivity index (χ1) is 9.66. The van der Waals surface area contributed by atoms with Crippen LogP contribution in [-0.4, -0.2) is 10.6 Å². The lowest BCUT2D eigenvalue weighted by Crippen LogP contribution is -2.25. The Bertz CT molecular complexity index is 592. The molecule has 0 aliphatic heterocycles. The maximum atomic E-state index is 6.21. The molecule has 0 amide bonds. The minimum absolute atomic E-state index is 0.458. The van der Waals surface area contributed by atoms with Gasteiger partial charge in [0, 0.05) is 35.9 Å². The van der Waals surface area contributed by atoms with E-state index in [2.05, 4.69) is 36.0 Å². The smallest absolute Gasteiger partial charge is 0.0506 e. The van der Waals surface area contributed by atoms with Crippen LogP contribution >= 0.6 is 0 Å². The highest BCUT2D eigenvalue weighted by Gasteiger charge is 2.17. The molecule has 1 fully saturated rings. The van der Waals surface area contributed by atoms with E-state index in [-0.39, 0.29) is 0 Å². The van der Waals surface area contributed by atoms with Crippen molar-refractivity contribution in [3.8, 4) is 0 Å². The Morgan fingerprint density at radius 1 is 1.30 bits per heavy atom.